The maximum absolute atomic E-state index is 13.0. The molecule has 5 heteroatoms. The molecule has 3 nitrogen and oxygen atoms in total. The Kier molecular flexibility index (Phi) is 2.03. The molecule has 2 aromatic rings. The average molecular weight is 258 g/mol. The van der Waals surface area contributed by atoms with E-state index in [1.807, 2.05) is 0 Å². The van der Waals surface area contributed by atoms with Crippen molar-refractivity contribution in [1.29, 1.82) is 0 Å². The molecule has 0 aliphatic heterocycles. The summed E-state index contributed by atoms with van der Waals surface area (Å²) in [7, 11) is 0. The standard InChI is InChI=1S/C9H5BrFNO2/c10-7-2-4(11)1-5-6(9(13)14)3-12-8(5)7/h1-3,12H,(H,13,14). The summed E-state index contributed by atoms with van der Waals surface area (Å²) >= 11 is 3.15. The molecular formula is C9H5BrFNO2. The lowest BCUT2D eigenvalue weighted by molar-refractivity contribution is 0.0699. The highest BCUT2D eigenvalue weighted by Gasteiger charge is 2.13. The number of benzene rings is 1. The number of fused-ring (bicyclic) bond motifs is 1. The second-order valence-corrected chi connectivity index (χ2v) is 3.67. The lowest BCUT2D eigenvalue weighted by Crippen LogP contribution is -1.93. The van der Waals surface area contributed by atoms with Crippen molar-refractivity contribution in [2.24, 2.45) is 0 Å². The summed E-state index contributed by atoms with van der Waals surface area (Å²) < 4.78 is 13.5. The number of rotatable bonds is 1. The Labute approximate surface area is 86.7 Å². The minimum atomic E-state index is -1.08. The summed E-state index contributed by atoms with van der Waals surface area (Å²) in [4.78, 5) is 13.5. The maximum atomic E-state index is 13.0. The molecule has 0 aliphatic carbocycles. The Bertz CT molecular complexity index is 521. The van der Waals surface area contributed by atoms with E-state index in [4.69, 9.17) is 5.11 Å². The molecule has 0 fully saturated rings. The van der Waals surface area contributed by atoms with Crippen molar-refractivity contribution < 1.29 is 14.3 Å². The molecule has 0 atom stereocenters. The largest absolute Gasteiger partial charge is 0.478 e. The van der Waals surface area contributed by atoms with Crippen LogP contribution in [0.2, 0.25) is 0 Å². The predicted molar refractivity (Wildman–Crippen MR) is 52.9 cm³/mol. The molecule has 0 bridgehead atoms. The van der Waals surface area contributed by atoms with Crippen molar-refractivity contribution in [3.63, 3.8) is 0 Å². The second kappa shape index (κ2) is 3.09. The monoisotopic (exact) mass is 257 g/mol. The van der Waals surface area contributed by atoms with Crippen LogP contribution in [-0.4, -0.2) is 16.1 Å². The molecule has 1 aromatic heterocycles. The highest BCUT2D eigenvalue weighted by Crippen LogP contribution is 2.27. The van der Waals surface area contributed by atoms with Gasteiger partial charge in [-0.1, -0.05) is 0 Å². The Morgan fingerprint density at radius 1 is 1.50 bits per heavy atom. The minimum Gasteiger partial charge on any atom is -0.478 e. The summed E-state index contributed by atoms with van der Waals surface area (Å²) in [5, 5.41) is 9.16. The van der Waals surface area contributed by atoms with E-state index in [2.05, 4.69) is 20.9 Å². The van der Waals surface area contributed by atoms with Crippen LogP contribution in [0.1, 0.15) is 10.4 Å². The van der Waals surface area contributed by atoms with Gasteiger partial charge < -0.3 is 10.1 Å². The van der Waals surface area contributed by atoms with Crippen molar-refractivity contribution >= 4 is 32.8 Å². The number of aromatic carboxylic acids is 1. The van der Waals surface area contributed by atoms with Gasteiger partial charge in [-0.25, -0.2) is 9.18 Å². The summed E-state index contributed by atoms with van der Waals surface area (Å²) in [5.41, 5.74) is 0.656. The first kappa shape index (κ1) is 9.21. The highest BCUT2D eigenvalue weighted by molar-refractivity contribution is 9.10. The van der Waals surface area contributed by atoms with Crippen molar-refractivity contribution in [1.82, 2.24) is 4.98 Å². The van der Waals surface area contributed by atoms with E-state index in [0.29, 0.717) is 15.4 Å². The van der Waals surface area contributed by atoms with Gasteiger partial charge >= 0.3 is 5.97 Å². The third-order valence-corrected chi connectivity index (χ3v) is 2.56. The van der Waals surface area contributed by atoms with Gasteiger partial charge in [0.2, 0.25) is 0 Å². The first-order chi connectivity index (χ1) is 6.59. The van der Waals surface area contributed by atoms with Crippen molar-refractivity contribution in [2.45, 2.75) is 0 Å². The lowest BCUT2D eigenvalue weighted by atomic mass is 10.2. The van der Waals surface area contributed by atoms with Gasteiger partial charge in [0.1, 0.15) is 5.82 Å². The van der Waals surface area contributed by atoms with Gasteiger partial charge in [-0.05, 0) is 28.1 Å². The van der Waals surface area contributed by atoms with E-state index in [-0.39, 0.29) is 5.56 Å². The number of H-pyrrole nitrogens is 1. The molecule has 0 spiro atoms. The third kappa shape index (κ3) is 1.29. The number of nitrogens with one attached hydrogen (secondary N) is 1. The van der Waals surface area contributed by atoms with Crippen LogP contribution in [0.4, 0.5) is 4.39 Å². The zero-order valence-electron chi connectivity index (χ0n) is 6.84. The molecule has 72 valence electrons. The van der Waals surface area contributed by atoms with E-state index in [0.717, 1.165) is 0 Å². The Morgan fingerprint density at radius 2 is 2.21 bits per heavy atom. The van der Waals surface area contributed by atoms with Crippen LogP contribution < -0.4 is 0 Å². The lowest BCUT2D eigenvalue weighted by Gasteiger charge is -1.96. The van der Waals surface area contributed by atoms with Crippen LogP contribution in [0.3, 0.4) is 0 Å². The molecule has 0 radical (unpaired) electrons. The van der Waals surface area contributed by atoms with Gasteiger partial charge in [-0.15, -0.1) is 0 Å². The van der Waals surface area contributed by atoms with E-state index in [9.17, 15) is 9.18 Å². The number of carboxylic acid groups (broad SMARTS) is 1. The Hall–Kier alpha value is -1.36. The summed E-state index contributed by atoms with van der Waals surface area (Å²) in [6.45, 7) is 0. The molecule has 0 amide bonds. The van der Waals surface area contributed by atoms with E-state index < -0.39 is 11.8 Å². The molecule has 1 aromatic carbocycles. The van der Waals surface area contributed by atoms with Crippen LogP contribution in [0.15, 0.2) is 22.8 Å². The molecule has 2 rings (SSSR count). The molecule has 1 heterocycles. The number of aromatic nitrogens is 1. The Balaban J connectivity index is 2.85. The van der Waals surface area contributed by atoms with Crippen LogP contribution >= 0.6 is 15.9 Å². The van der Waals surface area contributed by atoms with Crippen molar-refractivity contribution in [3.8, 4) is 0 Å². The number of hydrogen-bond acceptors (Lipinski definition) is 1. The Morgan fingerprint density at radius 3 is 2.86 bits per heavy atom. The van der Waals surface area contributed by atoms with Gasteiger partial charge in [0.25, 0.3) is 0 Å². The number of carbonyl (C=O) groups is 1. The smallest absolute Gasteiger partial charge is 0.337 e. The van der Waals surface area contributed by atoms with Gasteiger partial charge in [-0.3, -0.25) is 0 Å². The van der Waals surface area contributed by atoms with E-state index in [1.54, 1.807) is 0 Å². The highest BCUT2D eigenvalue weighted by atomic mass is 79.9. The fourth-order valence-electron chi connectivity index (χ4n) is 1.33. The molecule has 0 unspecified atom stereocenters. The average Bonchev–Trinajstić information content (AvgIpc) is 2.47. The van der Waals surface area contributed by atoms with E-state index in [1.165, 1.54) is 18.3 Å². The van der Waals surface area contributed by atoms with Crippen molar-refractivity contribution in [2.75, 3.05) is 0 Å². The molecule has 0 saturated heterocycles. The van der Waals surface area contributed by atoms with E-state index >= 15 is 0 Å². The molecule has 0 saturated carbocycles. The number of halogens is 2. The van der Waals surface area contributed by atoms with Crippen LogP contribution in [0, 0.1) is 5.82 Å². The topological polar surface area (TPSA) is 53.1 Å². The first-order valence-electron chi connectivity index (χ1n) is 3.79. The zero-order valence-corrected chi connectivity index (χ0v) is 8.43. The third-order valence-electron chi connectivity index (χ3n) is 1.94. The quantitative estimate of drug-likeness (QED) is 0.826. The number of aromatic amines is 1. The van der Waals surface area contributed by atoms with Gasteiger partial charge in [-0.2, -0.15) is 0 Å². The molecular weight excluding hydrogens is 253 g/mol. The second-order valence-electron chi connectivity index (χ2n) is 2.82. The van der Waals surface area contributed by atoms with Crippen LogP contribution in [-0.2, 0) is 0 Å². The minimum absolute atomic E-state index is 0.0696. The molecule has 0 aliphatic rings. The summed E-state index contributed by atoms with van der Waals surface area (Å²) in [6.07, 6.45) is 1.34. The van der Waals surface area contributed by atoms with Crippen molar-refractivity contribution in [3.05, 3.63) is 34.2 Å². The number of carboxylic acids is 1. The van der Waals surface area contributed by atoms with Gasteiger partial charge in [0.15, 0.2) is 0 Å². The fourth-order valence-corrected chi connectivity index (χ4v) is 1.88. The zero-order chi connectivity index (χ0) is 10.3. The predicted octanol–water partition coefficient (Wildman–Crippen LogP) is 2.77. The summed E-state index contributed by atoms with van der Waals surface area (Å²) in [6, 6.07) is 2.48. The molecule has 2 N–H and O–H groups in total. The molecule has 14 heavy (non-hydrogen) atoms. The van der Waals surface area contributed by atoms with Crippen LogP contribution in [0.5, 0.6) is 0 Å². The van der Waals surface area contributed by atoms with Gasteiger partial charge in [0.05, 0.1) is 11.1 Å². The summed E-state index contributed by atoms with van der Waals surface area (Å²) in [5.74, 6) is -1.54. The fraction of sp³-hybridized carbons (Fsp3) is 0. The first-order valence-corrected chi connectivity index (χ1v) is 4.58. The number of hydrogen-bond donors (Lipinski definition) is 2. The SMILES string of the molecule is O=C(O)c1c[nH]c2c(Br)cc(F)cc12. The normalized spacial score (nSPS) is 10.7. The maximum Gasteiger partial charge on any atom is 0.337 e. The van der Waals surface area contributed by atoms with Gasteiger partial charge in [0, 0.05) is 16.1 Å². The van der Waals surface area contributed by atoms with Crippen LogP contribution in [0.25, 0.3) is 10.9 Å².